The molecule has 0 spiro atoms. The number of hydroxylamine groups is 1. The molecule has 1 aliphatic rings. The number of hydrogen-bond donors (Lipinski definition) is 3. The zero-order valence-electron chi connectivity index (χ0n) is 17.5. The average molecular weight is 450 g/mol. The molecule has 0 atom stereocenters. The average Bonchev–Trinajstić information content (AvgIpc) is 2.98. The Bertz CT molecular complexity index is 1130. The van der Waals surface area contributed by atoms with Crippen molar-refractivity contribution < 1.29 is 14.8 Å². The highest BCUT2D eigenvalue weighted by atomic mass is 35.5. The smallest absolute Gasteiger partial charge is 0.274 e. The second-order valence-corrected chi connectivity index (χ2v) is 8.12. The Morgan fingerprint density at radius 1 is 0.875 bits per heavy atom. The van der Waals surface area contributed by atoms with Crippen LogP contribution in [0.4, 0.5) is 11.4 Å². The van der Waals surface area contributed by atoms with Crippen LogP contribution in [-0.4, -0.2) is 30.1 Å². The van der Waals surface area contributed by atoms with Crippen LogP contribution < -0.4 is 15.7 Å². The van der Waals surface area contributed by atoms with Crippen LogP contribution in [0.1, 0.15) is 38.3 Å². The first-order valence-corrected chi connectivity index (χ1v) is 10.9. The van der Waals surface area contributed by atoms with Gasteiger partial charge in [0, 0.05) is 40.6 Å². The maximum atomic E-state index is 12.5. The summed E-state index contributed by atoms with van der Waals surface area (Å²) in [5.41, 5.74) is 7.17. The van der Waals surface area contributed by atoms with E-state index in [0.29, 0.717) is 17.1 Å². The van der Waals surface area contributed by atoms with Gasteiger partial charge in [-0.25, -0.2) is 5.48 Å². The van der Waals surface area contributed by atoms with E-state index in [1.165, 1.54) is 28.9 Å². The second-order valence-electron chi connectivity index (χ2n) is 7.68. The molecule has 0 fully saturated rings. The van der Waals surface area contributed by atoms with Crippen molar-refractivity contribution in [3.8, 4) is 0 Å². The van der Waals surface area contributed by atoms with E-state index in [1.54, 1.807) is 17.6 Å². The highest BCUT2D eigenvalue weighted by molar-refractivity contribution is 6.30. The van der Waals surface area contributed by atoms with E-state index in [9.17, 15) is 9.59 Å². The number of hydrogen-bond acceptors (Lipinski definition) is 4. The van der Waals surface area contributed by atoms with E-state index in [0.717, 1.165) is 31.5 Å². The topological polar surface area (TPSA) is 81.7 Å². The van der Waals surface area contributed by atoms with Gasteiger partial charge in [0.25, 0.3) is 11.8 Å². The molecular weight excluding hydrogens is 426 g/mol. The molecule has 0 saturated heterocycles. The summed E-state index contributed by atoms with van der Waals surface area (Å²) in [6.07, 6.45) is 2.68. The maximum Gasteiger partial charge on any atom is 0.274 e. The molecule has 0 bridgehead atoms. The van der Waals surface area contributed by atoms with Crippen molar-refractivity contribution in [2.24, 2.45) is 0 Å². The van der Waals surface area contributed by atoms with E-state index < -0.39 is 5.91 Å². The number of halogens is 1. The van der Waals surface area contributed by atoms with Gasteiger partial charge in [0.05, 0.1) is 0 Å². The highest BCUT2D eigenvalue weighted by Crippen LogP contribution is 2.37. The Balaban J connectivity index is 1.42. The lowest BCUT2D eigenvalue weighted by Gasteiger charge is -2.27. The number of nitrogens with one attached hydrogen (secondary N) is 2. The molecule has 4 rings (SSSR count). The van der Waals surface area contributed by atoms with E-state index in [1.807, 2.05) is 18.2 Å². The van der Waals surface area contributed by atoms with E-state index >= 15 is 0 Å². The standard InChI is InChI=1S/C25H24ClN3O3/c26-21-13-12-18-7-6-17-4-1-2-5-22(17)29(23(18)16-21)15-3-14-27-24(30)19-8-10-20(11-9-19)25(31)28-32/h1-2,4-5,8-13,16,32H,3,6-7,14-15H2,(H,27,30)(H,28,31). The van der Waals surface area contributed by atoms with Gasteiger partial charge in [-0.2, -0.15) is 0 Å². The molecule has 3 aromatic rings. The minimum atomic E-state index is -0.616. The van der Waals surface area contributed by atoms with E-state index in [4.69, 9.17) is 16.8 Å². The molecule has 1 aliphatic heterocycles. The maximum absolute atomic E-state index is 12.5. The minimum absolute atomic E-state index is 0.208. The Kier molecular flexibility index (Phi) is 6.73. The van der Waals surface area contributed by atoms with Gasteiger partial charge in [0.1, 0.15) is 0 Å². The summed E-state index contributed by atoms with van der Waals surface area (Å²) >= 11 is 6.31. The van der Waals surface area contributed by atoms with Crippen LogP contribution >= 0.6 is 11.6 Å². The van der Waals surface area contributed by atoms with Crippen LogP contribution in [0.15, 0.2) is 66.7 Å². The van der Waals surface area contributed by atoms with Gasteiger partial charge in [-0.3, -0.25) is 14.8 Å². The first-order chi connectivity index (χ1) is 15.6. The lowest BCUT2D eigenvalue weighted by atomic mass is 10.0. The van der Waals surface area contributed by atoms with Crippen LogP contribution in [0, 0.1) is 0 Å². The number of rotatable bonds is 6. The third kappa shape index (κ3) is 4.77. The van der Waals surface area contributed by atoms with Crippen molar-refractivity contribution in [3.63, 3.8) is 0 Å². The summed E-state index contributed by atoms with van der Waals surface area (Å²) in [5, 5.41) is 12.3. The first kappa shape index (κ1) is 21.9. The predicted molar refractivity (Wildman–Crippen MR) is 125 cm³/mol. The molecule has 7 heteroatoms. The molecule has 0 aromatic heterocycles. The van der Waals surface area contributed by atoms with Crippen molar-refractivity contribution in [3.05, 3.63) is 94.0 Å². The molecule has 0 radical (unpaired) electrons. The van der Waals surface area contributed by atoms with Crippen molar-refractivity contribution >= 4 is 34.8 Å². The van der Waals surface area contributed by atoms with Crippen molar-refractivity contribution in [2.45, 2.75) is 19.3 Å². The summed E-state index contributed by atoms with van der Waals surface area (Å²) in [7, 11) is 0. The van der Waals surface area contributed by atoms with Crippen LogP contribution in [0.25, 0.3) is 0 Å². The lowest BCUT2D eigenvalue weighted by Crippen LogP contribution is -2.28. The SMILES string of the molecule is O=C(NO)c1ccc(C(=O)NCCCN2c3ccccc3CCc3ccc(Cl)cc32)cc1. The molecule has 164 valence electrons. The molecular formula is C25H24ClN3O3. The third-order valence-corrected chi connectivity index (χ3v) is 5.87. The number of para-hydroxylation sites is 1. The minimum Gasteiger partial charge on any atom is -0.352 e. The quantitative estimate of drug-likeness (QED) is 0.293. The largest absolute Gasteiger partial charge is 0.352 e. The summed E-state index contributed by atoms with van der Waals surface area (Å²) in [6.45, 7) is 1.24. The Hall–Kier alpha value is -3.35. The highest BCUT2D eigenvalue weighted by Gasteiger charge is 2.20. The number of anilines is 2. The molecule has 1 heterocycles. The Morgan fingerprint density at radius 3 is 2.25 bits per heavy atom. The number of fused-ring (bicyclic) bond motifs is 2. The molecule has 3 N–H and O–H groups in total. The predicted octanol–water partition coefficient (Wildman–Crippen LogP) is 4.52. The second kappa shape index (κ2) is 9.85. The van der Waals surface area contributed by atoms with Gasteiger partial charge in [-0.15, -0.1) is 0 Å². The molecule has 0 unspecified atom stereocenters. The van der Waals surface area contributed by atoms with E-state index in [-0.39, 0.29) is 11.5 Å². The third-order valence-electron chi connectivity index (χ3n) is 5.64. The molecule has 0 aliphatic carbocycles. The Labute approximate surface area is 191 Å². The van der Waals surface area contributed by atoms with Gasteiger partial charge >= 0.3 is 0 Å². The van der Waals surface area contributed by atoms with Crippen molar-refractivity contribution in [1.82, 2.24) is 10.8 Å². The number of amides is 2. The number of benzene rings is 3. The summed E-state index contributed by atoms with van der Waals surface area (Å²) in [5.74, 6) is -0.823. The number of nitrogens with zero attached hydrogens (tertiary/aromatic N) is 1. The van der Waals surface area contributed by atoms with Gasteiger partial charge in [0.2, 0.25) is 0 Å². The van der Waals surface area contributed by atoms with Gasteiger partial charge in [-0.05, 0) is 72.9 Å². The molecule has 0 saturated carbocycles. The summed E-state index contributed by atoms with van der Waals surface area (Å²) in [4.78, 5) is 26.1. The zero-order valence-corrected chi connectivity index (χ0v) is 18.2. The van der Waals surface area contributed by atoms with Gasteiger partial charge in [-0.1, -0.05) is 35.9 Å². The monoisotopic (exact) mass is 449 g/mol. The number of carbonyl (C=O) groups excluding carboxylic acids is 2. The van der Waals surface area contributed by atoms with Crippen molar-refractivity contribution in [1.29, 1.82) is 0 Å². The molecule has 32 heavy (non-hydrogen) atoms. The van der Waals surface area contributed by atoms with Crippen molar-refractivity contribution in [2.75, 3.05) is 18.0 Å². The fourth-order valence-electron chi connectivity index (χ4n) is 4.00. The van der Waals surface area contributed by atoms with E-state index in [2.05, 4.69) is 34.5 Å². The van der Waals surface area contributed by atoms with Crippen LogP contribution in [0.3, 0.4) is 0 Å². The van der Waals surface area contributed by atoms with Gasteiger partial charge in [0.15, 0.2) is 0 Å². The number of carbonyl (C=O) groups is 2. The van der Waals surface area contributed by atoms with Crippen LogP contribution in [-0.2, 0) is 12.8 Å². The van der Waals surface area contributed by atoms with Crippen LogP contribution in [0.2, 0.25) is 5.02 Å². The summed E-state index contributed by atoms with van der Waals surface area (Å²) < 4.78 is 0. The summed E-state index contributed by atoms with van der Waals surface area (Å²) in [6, 6.07) is 20.6. The Morgan fingerprint density at radius 2 is 1.53 bits per heavy atom. The molecule has 6 nitrogen and oxygen atoms in total. The van der Waals surface area contributed by atoms with Crippen LogP contribution in [0.5, 0.6) is 0 Å². The lowest BCUT2D eigenvalue weighted by molar-refractivity contribution is 0.0706. The zero-order chi connectivity index (χ0) is 22.5. The first-order valence-electron chi connectivity index (χ1n) is 10.5. The van der Waals surface area contributed by atoms with Gasteiger partial charge < -0.3 is 10.2 Å². The molecule has 2 amide bonds. The fourth-order valence-corrected chi connectivity index (χ4v) is 4.17. The normalized spacial score (nSPS) is 12.4. The fraction of sp³-hybridized carbons (Fsp3) is 0.200. The number of aryl methyl sites for hydroxylation is 2. The molecule has 3 aromatic carbocycles.